The van der Waals surface area contributed by atoms with Gasteiger partial charge in [-0.3, -0.25) is 9.59 Å². The highest BCUT2D eigenvalue weighted by atomic mass is 16.4. The van der Waals surface area contributed by atoms with Crippen LogP contribution in [0.4, 0.5) is 0 Å². The van der Waals surface area contributed by atoms with Gasteiger partial charge < -0.3 is 15.3 Å². The van der Waals surface area contributed by atoms with Crippen molar-refractivity contribution in [2.45, 2.75) is 6.92 Å². The second kappa shape index (κ2) is 4.41. The van der Waals surface area contributed by atoms with Gasteiger partial charge in [-0.05, 0) is 13.0 Å². The molecule has 5 nitrogen and oxygen atoms in total. The van der Waals surface area contributed by atoms with Crippen LogP contribution in [-0.2, 0) is 9.59 Å². The first kappa shape index (κ1) is 11.0. The van der Waals surface area contributed by atoms with E-state index in [1.807, 2.05) is 6.92 Å². The Labute approximate surface area is 83.1 Å². The molecule has 1 aliphatic rings. The molecular weight excluding hydrogens is 184 g/mol. The summed E-state index contributed by atoms with van der Waals surface area (Å²) < 4.78 is 0. The van der Waals surface area contributed by atoms with Crippen molar-refractivity contribution in [3.05, 3.63) is 0 Å². The molecule has 5 heteroatoms. The number of carbonyl (C=O) groups excluding carboxylic acids is 1. The van der Waals surface area contributed by atoms with Gasteiger partial charge in [0.25, 0.3) is 0 Å². The number of nitrogens with one attached hydrogen (secondary N) is 1. The van der Waals surface area contributed by atoms with Gasteiger partial charge in [0.2, 0.25) is 5.91 Å². The summed E-state index contributed by atoms with van der Waals surface area (Å²) in [6.07, 6.45) is 0. The summed E-state index contributed by atoms with van der Waals surface area (Å²) in [5.74, 6) is -1.19. The number of carboxylic acids is 1. The molecule has 2 atom stereocenters. The number of amides is 1. The highest BCUT2D eigenvalue weighted by molar-refractivity contribution is 5.80. The Balaban J connectivity index is 2.54. The zero-order chi connectivity index (χ0) is 10.7. The third kappa shape index (κ3) is 2.23. The number of hydrogen-bond acceptors (Lipinski definition) is 3. The van der Waals surface area contributed by atoms with E-state index in [4.69, 9.17) is 5.11 Å². The molecule has 1 fully saturated rings. The highest BCUT2D eigenvalue weighted by Crippen LogP contribution is 2.22. The Hall–Kier alpha value is -1.10. The number of likely N-dealkylation sites (N-methyl/N-ethyl adjacent to an activating group) is 1. The van der Waals surface area contributed by atoms with Crippen LogP contribution in [0.25, 0.3) is 0 Å². The number of carbonyl (C=O) groups is 2. The highest BCUT2D eigenvalue weighted by Gasteiger charge is 2.36. The molecule has 1 rings (SSSR count). The van der Waals surface area contributed by atoms with Crippen LogP contribution in [-0.4, -0.2) is 48.6 Å². The predicted octanol–water partition coefficient (Wildman–Crippen LogP) is -0.615. The lowest BCUT2D eigenvalue weighted by atomic mass is 9.99. The van der Waals surface area contributed by atoms with E-state index in [0.717, 1.165) is 0 Å². The molecule has 0 bridgehead atoms. The third-order valence-corrected chi connectivity index (χ3v) is 2.61. The van der Waals surface area contributed by atoms with Crippen LogP contribution in [0, 0.1) is 11.8 Å². The molecule has 0 aromatic heterocycles. The summed E-state index contributed by atoms with van der Waals surface area (Å²) in [7, 11) is 1.70. The second-order valence-electron chi connectivity index (χ2n) is 3.75. The fraction of sp³-hybridized carbons (Fsp3) is 0.778. The molecule has 0 radical (unpaired) electrons. The molecule has 1 saturated heterocycles. The van der Waals surface area contributed by atoms with Crippen molar-refractivity contribution >= 4 is 11.9 Å². The summed E-state index contributed by atoms with van der Waals surface area (Å²) >= 11 is 0. The van der Waals surface area contributed by atoms with E-state index in [2.05, 4.69) is 5.32 Å². The van der Waals surface area contributed by atoms with Gasteiger partial charge in [-0.15, -0.1) is 0 Å². The molecule has 0 aliphatic carbocycles. The molecule has 0 unspecified atom stereocenters. The molecule has 0 aromatic carbocycles. The summed E-state index contributed by atoms with van der Waals surface area (Å²) in [4.78, 5) is 23.8. The molecule has 1 aliphatic heterocycles. The van der Waals surface area contributed by atoms with Gasteiger partial charge in [0.15, 0.2) is 0 Å². The largest absolute Gasteiger partial charge is 0.481 e. The molecule has 2 N–H and O–H groups in total. The zero-order valence-corrected chi connectivity index (χ0v) is 8.49. The topological polar surface area (TPSA) is 69.6 Å². The molecule has 80 valence electrons. The monoisotopic (exact) mass is 200 g/mol. The summed E-state index contributed by atoms with van der Waals surface area (Å²) in [5, 5.41) is 11.6. The minimum absolute atomic E-state index is 0.0249. The first-order valence-electron chi connectivity index (χ1n) is 4.71. The lowest BCUT2D eigenvalue weighted by Gasteiger charge is -2.15. The number of carboxylic acid groups (broad SMARTS) is 1. The van der Waals surface area contributed by atoms with Crippen LogP contribution in [0.1, 0.15) is 6.92 Å². The van der Waals surface area contributed by atoms with Crippen LogP contribution in [0.15, 0.2) is 0 Å². The number of hydrogen-bond donors (Lipinski definition) is 2. The molecule has 1 heterocycles. The average Bonchev–Trinajstić information content (AvgIpc) is 2.48. The van der Waals surface area contributed by atoms with E-state index in [-0.39, 0.29) is 18.4 Å². The van der Waals surface area contributed by atoms with Gasteiger partial charge in [0.05, 0.1) is 12.5 Å². The van der Waals surface area contributed by atoms with Crippen LogP contribution in [0.2, 0.25) is 0 Å². The van der Waals surface area contributed by atoms with E-state index in [0.29, 0.717) is 13.1 Å². The second-order valence-corrected chi connectivity index (χ2v) is 3.75. The molecule has 0 saturated carbocycles. The molecule has 0 spiro atoms. The Bertz CT molecular complexity index is 242. The Morgan fingerprint density at radius 1 is 1.50 bits per heavy atom. The number of aliphatic carboxylic acids is 1. The van der Waals surface area contributed by atoms with Crippen LogP contribution >= 0.6 is 0 Å². The SMILES string of the molecule is CNCC(=O)N1C[C@@H](C)[C@H](C(=O)O)C1. The Morgan fingerprint density at radius 2 is 2.14 bits per heavy atom. The first-order valence-corrected chi connectivity index (χ1v) is 4.71. The summed E-state index contributed by atoms with van der Waals surface area (Å²) in [5.41, 5.74) is 0. The predicted molar refractivity (Wildman–Crippen MR) is 50.8 cm³/mol. The number of rotatable bonds is 3. The van der Waals surface area contributed by atoms with Crippen LogP contribution in [0.5, 0.6) is 0 Å². The Morgan fingerprint density at radius 3 is 2.57 bits per heavy atom. The summed E-state index contributed by atoms with van der Waals surface area (Å²) in [6, 6.07) is 0. The van der Waals surface area contributed by atoms with Gasteiger partial charge in [0, 0.05) is 13.1 Å². The third-order valence-electron chi connectivity index (χ3n) is 2.61. The van der Waals surface area contributed by atoms with Crippen molar-refractivity contribution < 1.29 is 14.7 Å². The van der Waals surface area contributed by atoms with Gasteiger partial charge in [-0.2, -0.15) is 0 Å². The van der Waals surface area contributed by atoms with Gasteiger partial charge in [0.1, 0.15) is 0 Å². The molecule has 14 heavy (non-hydrogen) atoms. The van der Waals surface area contributed by atoms with Crippen molar-refractivity contribution in [1.29, 1.82) is 0 Å². The maximum atomic E-state index is 11.4. The van der Waals surface area contributed by atoms with Crippen molar-refractivity contribution in [3.63, 3.8) is 0 Å². The maximum Gasteiger partial charge on any atom is 0.308 e. The van der Waals surface area contributed by atoms with Crippen LogP contribution in [0.3, 0.4) is 0 Å². The normalized spacial score (nSPS) is 26.6. The van der Waals surface area contributed by atoms with Gasteiger partial charge in [-0.1, -0.05) is 6.92 Å². The smallest absolute Gasteiger partial charge is 0.308 e. The standard InChI is InChI=1S/C9H16N2O3/c1-6-4-11(8(12)3-10-2)5-7(6)9(13)14/h6-7,10H,3-5H2,1-2H3,(H,13,14)/t6-,7-/m1/s1. The molecule has 1 amide bonds. The summed E-state index contributed by atoms with van der Waals surface area (Å²) in [6.45, 7) is 3.04. The number of nitrogens with zero attached hydrogens (tertiary/aromatic N) is 1. The van der Waals surface area contributed by atoms with Crippen molar-refractivity contribution in [2.24, 2.45) is 11.8 Å². The van der Waals surface area contributed by atoms with E-state index in [9.17, 15) is 9.59 Å². The van der Waals surface area contributed by atoms with Crippen LogP contribution < -0.4 is 5.32 Å². The zero-order valence-electron chi connectivity index (χ0n) is 8.49. The first-order chi connectivity index (χ1) is 6.56. The fourth-order valence-electron chi connectivity index (χ4n) is 1.75. The van der Waals surface area contributed by atoms with E-state index in [1.54, 1.807) is 11.9 Å². The Kier molecular flexibility index (Phi) is 3.46. The van der Waals surface area contributed by atoms with E-state index >= 15 is 0 Å². The van der Waals surface area contributed by atoms with Crippen molar-refractivity contribution in [3.8, 4) is 0 Å². The fourth-order valence-corrected chi connectivity index (χ4v) is 1.75. The maximum absolute atomic E-state index is 11.4. The minimum atomic E-state index is -0.808. The van der Waals surface area contributed by atoms with Gasteiger partial charge >= 0.3 is 5.97 Å². The van der Waals surface area contributed by atoms with Crippen molar-refractivity contribution in [1.82, 2.24) is 10.2 Å². The van der Waals surface area contributed by atoms with E-state index < -0.39 is 11.9 Å². The van der Waals surface area contributed by atoms with E-state index in [1.165, 1.54) is 0 Å². The lowest BCUT2D eigenvalue weighted by molar-refractivity contribution is -0.142. The molecular formula is C9H16N2O3. The quantitative estimate of drug-likeness (QED) is 0.637. The van der Waals surface area contributed by atoms with Gasteiger partial charge in [-0.25, -0.2) is 0 Å². The number of likely N-dealkylation sites (tertiary alicyclic amines) is 1. The average molecular weight is 200 g/mol. The van der Waals surface area contributed by atoms with Crippen molar-refractivity contribution in [2.75, 3.05) is 26.7 Å². The minimum Gasteiger partial charge on any atom is -0.481 e. The lowest BCUT2D eigenvalue weighted by Crippen LogP contribution is -2.36. The molecule has 0 aromatic rings.